The van der Waals surface area contributed by atoms with Crippen molar-refractivity contribution in [1.82, 2.24) is 4.72 Å². The Morgan fingerprint density at radius 1 is 0.939 bits per heavy atom. The van der Waals surface area contributed by atoms with Gasteiger partial charge in [-0.2, -0.15) is 0 Å². The summed E-state index contributed by atoms with van der Waals surface area (Å²) in [5, 5.41) is 5.65. The lowest BCUT2D eigenvalue weighted by molar-refractivity contribution is -0.120. The van der Waals surface area contributed by atoms with Crippen molar-refractivity contribution in [1.29, 1.82) is 0 Å². The van der Waals surface area contributed by atoms with Gasteiger partial charge in [0.25, 0.3) is 5.91 Å². The Bertz CT molecular complexity index is 1140. The molecule has 2 aromatic rings. The highest BCUT2D eigenvalue weighted by atomic mass is 32.2. The average molecular weight is 472 g/mol. The topological polar surface area (TPSA) is 114 Å². The van der Waals surface area contributed by atoms with E-state index in [0.29, 0.717) is 17.0 Å². The summed E-state index contributed by atoms with van der Waals surface area (Å²) in [6, 6.07) is 11.0. The number of sulfonamides is 1. The van der Waals surface area contributed by atoms with Crippen molar-refractivity contribution < 1.29 is 22.7 Å². The molecule has 2 aliphatic rings. The molecular formula is C24H29N3O5S. The number of benzene rings is 2. The monoisotopic (exact) mass is 471 g/mol. The average Bonchev–Trinajstić information content (AvgIpc) is 3.63. The summed E-state index contributed by atoms with van der Waals surface area (Å²) in [4.78, 5) is 25.5. The van der Waals surface area contributed by atoms with Crippen LogP contribution >= 0.6 is 0 Å². The van der Waals surface area contributed by atoms with Crippen LogP contribution in [0.15, 0.2) is 47.4 Å². The van der Waals surface area contributed by atoms with Gasteiger partial charge >= 0.3 is 0 Å². The van der Waals surface area contributed by atoms with Crippen LogP contribution in [0.5, 0.6) is 5.75 Å². The zero-order valence-electron chi connectivity index (χ0n) is 18.6. The number of carbonyl (C=O) groups excluding carboxylic acids is 2. The number of ether oxygens (including phenoxy) is 1. The smallest absolute Gasteiger partial charge is 0.255 e. The van der Waals surface area contributed by atoms with Crippen LogP contribution in [-0.4, -0.2) is 33.4 Å². The Balaban J connectivity index is 1.49. The first-order valence-corrected chi connectivity index (χ1v) is 12.8. The second-order valence-corrected chi connectivity index (χ2v) is 10.3. The third-order valence-corrected chi connectivity index (χ3v) is 7.52. The molecule has 0 saturated heterocycles. The number of anilines is 2. The molecule has 4 rings (SSSR count). The Kier molecular flexibility index (Phi) is 6.99. The molecule has 2 fully saturated rings. The molecule has 0 heterocycles. The van der Waals surface area contributed by atoms with Crippen LogP contribution in [0.2, 0.25) is 0 Å². The van der Waals surface area contributed by atoms with Crippen LogP contribution in [0.25, 0.3) is 0 Å². The molecule has 9 heteroatoms. The van der Waals surface area contributed by atoms with Gasteiger partial charge in [0.15, 0.2) is 0 Å². The zero-order chi connectivity index (χ0) is 23.4. The second kappa shape index (κ2) is 9.93. The van der Waals surface area contributed by atoms with Gasteiger partial charge in [0.05, 0.1) is 17.7 Å². The lowest BCUT2D eigenvalue weighted by Crippen LogP contribution is -2.26. The summed E-state index contributed by atoms with van der Waals surface area (Å²) in [7, 11) is -2.23. The quantitative estimate of drug-likeness (QED) is 0.540. The number of methoxy groups -OCH3 is 1. The fourth-order valence-electron chi connectivity index (χ4n) is 3.98. The van der Waals surface area contributed by atoms with E-state index in [1.165, 1.54) is 31.7 Å². The normalized spacial score (nSPS) is 16.8. The van der Waals surface area contributed by atoms with Gasteiger partial charge in [-0.3, -0.25) is 9.59 Å². The lowest BCUT2D eigenvalue weighted by Gasteiger charge is -2.20. The molecule has 33 heavy (non-hydrogen) atoms. The van der Waals surface area contributed by atoms with Gasteiger partial charge < -0.3 is 15.4 Å². The molecule has 0 atom stereocenters. The van der Waals surface area contributed by atoms with E-state index in [9.17, 15) is 18.0 Å². The predicted octanol–water partition coefficient (Wildman–Crippen LogP) is 3.91. The Morgan fingerprint density at radius 3 is 2.39 bits per heavy atom. The van der Waals surface area contributed by atoms with Crippen molar-refractivity contribution in [2.75, 3.05) is 17.7 Å². The number of amides is 2. The number of rotatable bonds is 8. The van der Waals surface area contributed by atoms with Gasteiger partial charge in [0, 0.05) is 23.2 Å². The van der Waals surface area contributed by atoms with E-state index in [1.54, 1.807) is 24.3 Å². The van der Waals surface area contributed by atoms with Gasteiger partial charge in [-0.25, -0.2) is 13.1 Å². The molecule has 2 aromatic carbocycles. The second-order valence-electron chi connectivity index (χ2n) is 8.62. The fourth-order valence-corrected chi connectivity index (χ4v) is 5.31. The van der Waals surface area contributed by atoms with Crippen LogP contribution in [0.1, 0.15) is 55.3 Å². The molecule has 176 valence electrons. The van der Waals surface area contributed by atoms with Gasteiger partial charge in [-0.1, -0.05) is 25.3 Å². The van der Waals surface area contributed by atoms with Gasteiger partial charge in [-0.05, 0) is 62.1 Å². The van der Waals surface area contributed by atoms with Gasteiger partial charge in [-0.15, -0.1) is 0 Å². The third kappa shape index (κ3) is 5.91. The number of hydrogen-bond donors (Lipinski definition) is 3. The summed E-state index contributed by atoms with van der Waals surface area (Å²) in [5.74, 6) is -0.105. The third-order valence-electron chi connectivity index (χ3n) is 6.00. The molecule has 0 aliphatic heterocycles. The van der Waals surface area contributed by atoms with Crippen LogP contribution in [0, 0.1) is 5.92 Å². The van der Waals surface area contributed by atoms with Crippen molar-refractivity contribution in [2.24, 2.45) is 5.92 Å². The van der Waals surface area contributed by atoms with Gasteiger partial charge in [0.2, 0.25) is 15.9 Å². The first-order chi connectivity index (χ1) is 15.9. The standard InChI is InChI=1S/C24H29N3O5S/c1-32-22-13-12-20(33(30,31)27-18-10-11-18)15-21(22)26-24(29)17-8-5-9-19(14-17)25-23(28)16-6-3-2-4-7-16/h5,8-9,12-16,18,27H,2-4,6-7,10-11H2,1H3,(H,25,28)(H,26,29). The largest absolute Gasteiger partial charge is 0.495 e. The molecule has 3 N–H and O–H groups in total. The van der Waals surface area contributed by atoms with E-state index in [-0.39, 0.29) is 28.4 Å². The van der Waals surface area contributed by atoms with E-state index in [0.717, 1.165) is 38.5 Å². The van der Waals surface area contributed by atoms with E-state index in [4.69, 9.17) is 4.74 Å². The lowest BCUT2D eigenvalue weighted by atomic mass is 9.88. The molecule has 2 amide bonds. The maximum Gasteiger partial charge on any atom is 0.255 e. The Morgan fingerprint density at radius 2 is 1.70 bits per heavy atom. The van der Waals surface area contributed by atoms with E-state index in [2.05, 4.69) is 15.4 Å². The van der Waals surface area contributed by atoms with E-state index in [1.807, 2.05) is 0 Å². The highest BCUT2D eigenvalue weighted by molar-refractivity contribution is 7.89. The van der Waals surface area contributed by atoms with Crippen molar-refractivity contribution in [3.63, 3.8) is 0 Å². The molecule has 0 bridgehead atoms. The minimum Gasteiger partial charge on any atom is -0.495 e. The van der Waals surface area contributed by atoms with E-state index >= 15 is 0 Å². The zero-order valence-corrected chi connectivity index (χ0v) is 19.4. The highest BCUT2D eigenvalue weighted by Gasteiger charge is 2.28. The van der Waals surface area contributed by atoms with Gasteiger partial charge in [0.1, 0.15) is 5.75 Å². The Labute approximate surface area is 194 Å². The SMILES string of the molecule is COc1ccc(S(=O)(=O)NC2CC2)cc1NC(=O)c1cccc(NC(=O)C2CCCCC2)c1. The summed E-state index contributed by atoms with van der Waals surface area (Å²) in [5.41, 5.74) is 1.14. The number of hydrogen-bond acceptors (Lipinski definition) is 5. The van der Waals surface area contributed by atoms with Crippen LogP contribution < -0.4 is 20.1 Å². The van der Waals surface area contributed by atoms with Crippen molar-refractivity contribution in [3.05, 3.63) is 48.0 Å². The maximum atomic E-state index is 12.9. The molecule has 2 aliphatic carbocycles. The summed E-state index contributed by atoms with van der Waals surface area (Å²) in [6.45, 7) is 0. The molecule has 0 aromatic heterocycles. The molecule has 2 saturated carbocycles. The fraction of sp³-hybridized carbons (Fsp3) is 0.417. The number of nitrogens with one attached hydrogen (secondary N) is 3. The first-order valence-electron chi connectivity index (χ1n) is 11.3. The highest BCUT2D eigenvalue weighted by Crippen LogP contribution is 2.30. The van der Waals surface area contributed by atoms with E-state index < -0.39 is 15.9 Å². The molecule has 0 spiro atoms. The maximum absolute atomic E-state index is 12.9. The number of carbonyl (C=O) groups is 2. The van der Waals surface area contributed by atoms with Crippen LogP contribution in [-0.2, 0) is 14.8 Å². The predicted molar refractivity (Wildman–Crippen MR) is 126 cm³/mol. The molecule has 0 radical (unpaired) electrons. The minimum absolute atomic E-state index is 0.00873. The first kappa shape index (κ1) is 23.3. The van der Waals surface area contributed by atoms with Crippen molar-refractivity contribution >= 4 is 33.2 Å². The molecule has 0 unspecified atom stereocenters. The summed E-state index contributed by atoms with van der Waals surface area (Å²) >= 11 is 0. The minimum atomic E-state index is -3.68. The van der Waals surface area contributed by atoms with Crippen LogP contribution in [0.3, 0.4) is 0 Å². The summed E-state index contributed by atoms with van der Waals surface area (Å²) in [6.07, 6.45) is 6.73. The molecule has 8 nitrogen and oxygen atoms in total. The van der Waals surface area contributed by atoms with Crippen LogP contribution in [0.4, 0.5) is 11.4 Å². The summed E-state index contributed by atoms with van der Waals surface area (Å²) < 4.78 is 33.1. The molecular weight excluding hydrogens is 442 g/mol. The Hall–Kier alpha value is -2.91. The van der Waals surface area contributed by atoms with Crippen molar-refractivity contribution in [3.8, 4) is 5.75 Å². The van der Waals surface area contributed by atoms with Crippen molar-refractivity contribution in [2.45, 2.75) is 55.9 Å².